The molecule has 0 bridgehead atoms. The average Bonchev–Trinajstić information content (AvgIpc) is 2.55. The number of nitrogens with zero attached hydrogens (tertiary/aromatic N) is 2. The van der Waals surface area contributed by atoms with Crippen LogP contribution in [0.1, 0.15) is 6.92 Å². The van der Waals surface area contributed by atoms with Gasteiger partial charge < -0.3 is 4.74 Å². The van der Waals surface area contributed by atoms with Crippen LogP contribution < -0.4 is 9.04 Å². The molecule has 0 saturated carbocycles. The minimum absolute atomic E-state index is 0.0177. The zero-order chi connectivity index (χ0) is 17.0. The first-order valence-corrected chi connectivity index (χ1v) is 8.26. The molecule has 0 atom stereocenters. The molecule has 23 heavy (non-hydrogen) atoms. The Morgan fingerprint density at radius 2 is 1.74 bits per heavy atom. The number of methoxy groups -OCH3 is 1. The molecule has 0 fully saturated rings. The van der Waals surface area contributed by atoms with Gasteiger partial charge in [-0.3, -0.25) is 14.4 Å². The Kier molecular flexibility index (Phi) is 4.85. The number of hydrogen-bond acceptors (Lipinski definition) is 5. The van der Waals surface area contributed by atoms with Crippen LogP contribution in [0, 0.1) is 10.1 Å². The fourth-order valence-electron chi connectivity index (χ4n) is 2.17. The van der Waals surface area contributed by atoms with Gasteiger partial charge in [0, 0.05) is 18.7 Å². The lowest BCUT2D eigenvalue weighted by atomic mass is 10.3. The molecule has 0 unspecified atom stereocenters. The van der Waals surface area contributed by atoms with Crippen molar-refractivity contribution in [3.8, 4) is 5.75 Å². The van der Waals surface area contributed by atoms with Crippen LogP contribution in [0.3, 0.4) is 0 Å². The maximum Gasteiger partial charge on any atom is 0.269 e. The zero-order valence-electron chi connectivity index (χ0n) is 12.7. The lowest BCUT2D eigenvalue weighted by Crippen LogP contribution is -2.31. The Hall–Kier alpha value is -2.61. The third kappa shape index (κ3) is 3.26. The highest BCUT2D eigenvalue weighted by Crippen LogP contribution is 2.32. The summed E-state index contributed by atoms with van der Waals surface area (Å²) in [6, 6.07) is 11.6. The zero-order valence-corrected chi connectivity index (χ0v) is 13.5. The van der Waals surface area contributed by atoms with Crippen molar-refractivity contribution in [1.29, 1.82) is 0 Å². The van der Waals surface area contributed by atoms with Gasteiger partial charge in [-0.2, -0.15) is 0 Å². The molecule has 8 heteroatoms. The lowest BCUT2D eigenvalue weighted by molar-refractivity contribution is -0.384. The van der Waals surface area contributed by atoms with E-state index >= 15 is 0 Å². The Balaban J connectivity index is 2.49. The highest BCUT2D eigenvalue weighted by Gasteiger charge is 2.26. The number of non-ortho nitro benzene ring substituents is 1. The summed E-state index contributed by atoms with van der Waals surface area (Å²) in [6.07, 6.45) is 0. The van der Waals surface area contributed by atoms with Gasteiger partial charge in [0.15, 0.2) is 0 Å². The van der Waals surface area contributed by atoms with Gasteiger partial charge in [0.1, 0.15) is 5.75 Å². The van der Waals surface area contributed by atoms with E-state index in [0.29, 0.717) is 11.4 Å². The number of sulfonamides is 1. The molecule has 7 nitrogen and oxygen atoms in total. The minimum atomic E-state index is -3.85. The van der Waals surface area contributed by atoms with Crippen LogP contribution in [0.5, 0.6) is 5.75 Å². The molecule has 2 aromatic rings. The Labute approximate surface area is 134 Å². The minimum Gasteiger partial charge on any atom is -0.495 e. The largest absolute Gasteiger partial charge is 0.495 e. The summed E-state index contributed by atoms with van der Waals surface area (Å²) in [4.78, 5) is 10.1. The first-order valence-electron chi connectivity index (χ1n) is 6.82. The Bertz CT molecular complexity index is 803. The maximum atomic E-state index is 12.8. The smallest absolute Gasteiger partial charge is 0.269 e. The molecule has 2 rings (SSSR count). The number of benzene rings is 2. The first kappa shape index (κ1) is 16.8. The van der Waals surface area contributed by atoms with Crippen molar-refractivity contribution < 1.29 is 18.1 Å². The van der Waals surface area contributed by atoms with E-state index in [-0.39, 0.29) is 17.1 Å². The second-order valence-corrected chi connectivity index (χ2v) is 6.45. The van der Waals surface area contributed by atoms with E-state index in [1.807, 2.05) is 0 Å². The maximum absolute atomic E-state index is 12.8. The first-order chi connectivity index (χ1) is 10.9. The molecule has 0 aliphatic carbocycles. The van der Waals surface area contributed by atoms with Crippen LogP contribution in [-0.4, -0.2) is 27.0 Å². The topological polar surface area (TPSA) is 89.8 Å². The second kappa shape index (κ2) is 6.66. The Morgan fingerprint density at radius 3 is 2.26 bits per heavy atom. The van der Waals surface area contributed by atoms with Crippen molar-refractivity contribution >= 4 is 21.4 Å². The fourth-order valence-corrected chi connectivity index (χ4v) is 3.66. The van der Waals surface area contributed by atoms with Gasteiger partial charge in [-0.05, 0) is 31.2 Å². The number of ether oxygens (including phenoxy) is 1. The van der Waals surface area contributed by atoms with Crippen molar-refractivity contribution in [2.75, 3.05) is 18.0 Å². The summed E-state index contributed by atoms with van der Waals surface area (Å²) in [6.45, 7) is 1.90. The lowest BCUT2D eigenvalue weighted by Gasteiger charge is -2.24. The van der Waals surface area contributed by atoms with Crippen LogP contribution in [0.25, 0.3) is 0 Å². The standard InChI is InChI=1S/C15H16N2O5S/c1-3-16(14-6-4-5-7-15(14)22-2)23(20,21)13-10-8-12(9-11-13)17(18)19/h4-11H,3H2,1-2H3. The summed E-state index contributed by atoms with van der Waals surface area (Å²) in [5, 5.41) is 10.7. The number of hydrogen-bond donors (Lipinski definition) is 0. The summed E-state index contributed by atoms with van der Waals surface area (Å²) >= 11 is 0. The number of para-hydroxylation sites is 2. The van der Waals surface area contributed by atoms with Gasteiger partial charge in [-0.15, -0.1) is 0 Å². The molecule has 0 aliphatic rings. The normalized spacial score (nSPS) is 11.0. The third-order valence-corrected chi connectivity index (χ3v) is 5.18. The number of nitro groups is 1. The molecule has 122 valence electrons. The van der Waals surface area contributed by atoms with Gasteiger partial charge in [0.25, 0.3) is 15.7 Å². The molecule has 0 N–H and O–H groups in total. The summed E-state index contributed by atoms with van der Waals surface area (Å²) < 4.78 is 32.0. The summed E-state index contributed by atoms with van der Waals surface area (Å²) in [5.74, 6) is 0.430. The predicted molar refractivity (Wildman–Crippen MR) is 86.3 cm³/mol. The number of rotatable bonds is 6. The molecule has 0 aromatic heterocycles. The molecule has 0 radical (unpaired) electrons. The van der Waals surface area contributed by atoms with E-state index in [1.54, 1.807) is 31.2 Å². The van der Waals surface area contributed by atoms with Crippen molar-refractivity contribution in [3.05, 3.63) is 58.6 Å². The highest BCUT2D eigenvalue weighted by molar-refractivity contribution is 7.92. The van der Waals surface area contributed by atoms with E-state index < -0.39 is 14.9 Å². The van der Waals surface area contributed by atoms with Crippen molar-refractivity contribution in [3.63, 3.8) is 0 Å². The molecule has 0 saturated heterocycles. The second-order valence-electron chi connectivity index (χ2n) is 4.59. The molecule has 0 aliphatic heterocycles. The van der Waals surface area contributed by atoms with Crippen LogP contribution in [0.4, 0.5) is 11.4 Å². The van der Waals surface area contributed by atoms with Crippen LogP contribution in [0.15, 0.2) is 53.4 Å². The number of anilines is 1. The summed E-state index contributed by atoms with van der Waals surface area (Å²) in [7, 11) is -2.39. The van der Waals surface area contributed by atoms with Crippen molar-refractivity contribution in [2.45, 2.75) is 11.8 Å². The SMILES string of the molecule is CCN(c1ccccc1OC)S(=O)(=O)c1ccc([N+](=O)[O-])cc1. The van der Waals surface area contributed by atoms with E-state index in [2.05, 4.69) is 0 Å². The molecular weight excluding hydrogens is 320 g/mol. The van der Waals surface area contributed by atoms with E-state index in [4.69, 9.17) is 4.74 Å². The molecule has 0 spiro atoms. The molecule has 0 amide bonds. The fraction of sp³-hybridized carbons (Fsp3) is 0.200. The van der Waals surface area contributed by atoms with Gasteiger partial charge in [-0.1, -0.05) is 12.1 Å². The van der Waals surface area contributed by atoms with Gasteiger partial charge in [-0.25, -0.2) is 8.42 Å². The van der Waals surface area contributed by atoms with Gasteiger partial charge >= 0.3 is 0 Å². The highest BCUT2D eigenvalue weighted by atomic mass is 32.2. The van der Waals surface area contributed by atoms with Gasteiger partial charge in [0.05, 0.1) is 22.6 Å². The van der Waals surface area contributed by atoms with Gasteiger partial charge in [0.2, 0.25) is 0 Å². The quantitative estimate of drug-likeness (QED) is 0.597. The van der Waals surface area contributed by atoms with Crippen LogP contribution >= 0.6 is 0 Å². The van der Waals surface area contributed by atoms with Crippen molar-refractivity contribution in [2.24, 2.45) is 0 Å². The van der Waals surface area contributed by atoms with E-state index in [1.165, 1.54) is 35.7 Å². The van der Waals surface area contributed by atoms with E-state index in [0.717, 1.165) is 0 Å². The summed E-state index contributed by atoms with van der Waals surface area (Å²) in [5.41, 5.74) is 0.250. The number of nitro benzene ring substituents is 1. The van der Waals surface area contributed by atoms with E-state index in [9.17, 15) is 18.5 Å². The molecule has 0 heterocycles. The van der Waals surface area contributed by atoms with Crippen LogP contribution in [0.2, 0.25) is 0 Å². The third-order valence-electron chi connectivity index (χ3n) is 3.28. The Morgan fingerprint density at radius 1 is 1.13 bits per heavy atom. The van der Waals surface area contributed by atoms with Crippen molar-refractivity contribution in [1.82, 2.24) is 0 Å². The molecule has 2 aromatic carbocycles. The molecular formula is C15H16N2O5S. The monoisotopic (exact) mass is 336 g/mol. The predicted octanol–water partition coefficient (Wildman–Crippen LogP) is 2.82. The van der Waals surface area contributed by atoms with Crippen LogP contribution in [-0.2, 0) is 10.0 Å². The average molecular weight is 336 g/mol.